The van der Waals surface area contributed by atoms with Crippen LogP contribution in [0.15, 0.2) is 16.6 Å². The van der Waals surface area contributed by atoms with Crippen molar-refractivity contribution in [1.29, 1.82) is 0 Å². The quantitative estimate of drug-likeness (QED) is 0.497. The number of hydrogen-bond acceptors (Lipinski definition) is 5. The van der Waals surface area contributed by atoms with E-state index in [2.05, 4.69) is 26.6 Å². The van der Waals surface area contributed by atoms with Crippen molar-refractivity contribution < 1.29 is 24.2 Å². The Kier molecular flexibility index (Phi) is 9.23. The summed E-state index contributed by atoms with van der Waals surface area (Å²) in [6.07, 6.45) is 0.501. The number of carboxylic acids is 1. The molecule has 0 spiro atoms. The Balaban J connectivity index is 3.01. The Labute approximate surface area is 175 Å². The van der Waals surface area contributed by atoms with Crippen molar-refractivity contribution in [2.24, 2.45) is 5.92 Å². The molecule has 0 heterocycles. The number of carbonyl (C=O) groups excluding carboxylic acids is 1. The van der Waals surface area contributed by atoms with Crippen molar-refractivity contribution in [2.45, 2.75) is 59.2 Å². The summed E-state index contributed by atoms with van der Waals surface area (Å²) in [5.74, 6) is -0.0445. The molecule has 0 saturated carbocycles. The molecule has 0 aliphatic rings. The van der Waals surface area contributed by atoms with Gasteiger partial charge in [0.25, 0.3) is 5.91 Å². The first kappa shape index (κ1) is 24.2. The second-order valence-electron chi connectivity index (χ2n) is 8.05. The molecule has 7 nitrogen and oxygen atoms in total. The summed E-state index contributed by atoms with van der Waals surface area (Å²) in [7, 11) is 1.52. The van der Waals surface area contributed by atoms with E-state index >= 15 is 0 Å². The minimum absolute atomic E-state index is 0.175. The first-order chi connectivity index (χ1) is 12.9. The highest BCUT2D eigenvalue weighted by Gasteiger charge is 2.22. The van der Waals surface area contributed by atoms with E-state index in [0.29, 0.717) is 23.5 Å². The van der Waals surface area contributed by atoms with Gasteiger partial charge in [0.2, 0.25) is 0 Å². The summed E-state index contributed by atoms with van der Waals surface area (Å²) in [4.78, 5) is 23.6. The lowest BCUT2D eigenvalue weighted by Crippen LogP contribution is -2.43. The number of methoxy groups -OCH3 is 1. The number of halogens is 1. The molecule has 0 fully saturated rings. The van der Waals surface area contributed by atoms with Crippen molar-refractivity contribution in [3.8, 4) is 11.5 Å². The molecule has 1 rings (SSSR count). The van der Waals surface area contributed by atoms with Gasteiger partial charge >= 0.3 is 5.97 Å². The van der Waals surface area contributed by atoms with Crippen LogP contribution in [0.3, 0.4) is 0 Å². The lowest BCUT2D eigenvalue weighted by molar-refractivity contribution is -0.140. The molecule has 0 radical (unpaired) electrons. The van der Waals surface area contributed by atoms with Crippen molar-refractivity contribution in [2.75, 3.05) is 13.7 Å². The maximum atomic E-state index is 12.1. The molecule has 1 atom stereocenters. The number of amides is 1. The van der Waals surface area contributed by atoms with Crippen LogP contribution in [0.2, 0.25) is 0 Å². The molecular weight excluding hydrogens is 428 g/mol. The van der Waals surface area contributed by atoms with E-state index < -0.39 is 12.0 Å². The molecule has 1 amide bonds. The normalized spacial score (nSPS) is 12.6. The molecular formula is C20H31BrN2O5. The topological polar surface area (TPSA) is 96.9 Å². The molecule has 28 heavy (non-hydrogen) atoms. The van der Waals surface area contributed by atoms with Gasteiger partial charge in [-0.1, -0.05) is 29.8 Å². The number of rotatable bonds is 10. The molecule has 0 saturated heterocycles. The summed E-state index contributed by atoms with van der Waals surface area (Å²) < 4.78 is 11.9. The zero-order chi connectivity index (χ0) is 21.5. The SMILES string of the molecule is COc1ccc(Br)c(CNC(CC(C)C)C(=O)O)c1OCC(=O)NC(C)(C)C. The van der Waals surface area contributed by atoms with E-state index in [4.69, 9.17) is 9.47 Å². The fraction of sp³-hybridized carbons (Fsp3) is 0.600. The number of carboxylic acid groups (broad SMARTS) is 1. The average Bonchev–Trinajstić information content (AvgIpc) is 2.55. The van der Waals surface area contributed by atoms with Gasteiger partial charge in [0.05, 0.1) is 7.11 Å². The molecule has 0 aromatic heterocycles. The monoisotopic (exact) mass is 458 g/mol. The third-order valence-corrected chi connectivity index (χ3v) is 4.52. The zero-order valence-electron chi connectivity index (χ0n) is 17.4. The van der Waals surface area contributed by atoms with Crippen LogP contribution in [0.25, 0.3) is 0 Å². The van der Waals surface area contributed by atoms with Crippen LogP contribution >= 0.6 is 15.9 Å². The Morgan fingerprint density at radius 2 is 1.89 bits per heavy atom. The van der Waals surface area contributed by atoms with Gasteiger partial charge in [-0.2, -0.15) is 0 Å². The average molecular weight is 459 g/mol. The molecule has 1 aromatic carbocycles. The van der Waals surface area contributed by atoms with Gasteiger partial charge in [0.1, 0.15) is 6.04 Å². The number of nitrogens with one attached hydrogen (secondary N) is 2. The van der Waals surface area contributed by atoms with E-state index in [1.165, 1.54) is 7.11 Å². The van der Waals surface area contributed by atoms with Gasteiger partial charge in [0, 0.05) is 22.1 Å². The molecule has 3 N–H and O–H groups in total. The van der Waals surface area contributed by atoms with Gasteiger partial charge in [-0.05, 0) is 45.2 Å². The maximum absolute atomic E-state index is 12.1. The van der Waals surface area contributed by atoms with Gasteiger partial charge in [-0.25, -0.2) is 0 Å². The molecule has 0 aliphatic heterocycles. The highest BCUT2D eigenvalue weighted by molar-refractivity contribution is 9.10. The molecule has 8 heteroatoms. The number of aliphatic carboxylic acids is 1. The van der Waals surface area contributed by atoms with Crippen LogP contribution in [0, 0.1) is 5.92 Å². The van der Waals surface area contributed by atoms with E-state index in [1.807, 2.05) is 34.6 Å². The fourth-order valence-corrected chi connectivity index (χ4v) is 3.08. The largest absolute Gasteiger partial charge is 0.493 e. The standard InChI is InChI=1S/C20H31BrN2O5/c1-12(2)9-15(19(25)26)22-10-13-14(21)7-8-16(27-6)18(13)28-11-17(24)23-20(3,4)5/h7-8,12,15,22H,9-11H2,1-6H3,(H,23,24)(H,25,26). The minimum atomic E-state index is -0.903. The van der Waals surface area contributed by atoms with E-state index in [9.17, 15) is 14.7 Å². The van der Waals surface area contributed by atoms with Gasteiger partial charge in [-0.15, -0.1) is 0 Å². The van der Waals surface area contributed by atoms with Crippen LogP contribution in [0.4, 0.5) is 0 Å². The van der Waals surface area contributed by atoms with E-state index in [-0.39, 0.29) is 30.5 Å². The van der Waals surface area contributed by atoms with Crippen molar-refractivity contribution in [1.82, 2.24) is 10.6 Å². The van der Waals surface area contributed by atoms with Gasteiger partial charge < -0.3 is 25.2 Å². The van der Waals surface area contributed by atoms with Crippen molar-refractivity contribution in [3.05, 3.63) is 22.2 Å². The third-order valence-electron chi connectivity index (χ3n) is 3.78. The predicted octanol–water partition coefficient (Wildman–Crippen LogP) is 3.34. The lowest BCUT2D eigenvalue weighted by atomic mass is 10.0. The third kappa shape index (κ3) is 8.06. The summed E-state index contributed by atoms with van der Waals surface area (Å²) in [6.45, 7) is 9.69. The molecule has 1 unspecified atom stereocenters. The van der Waals surface area contributed by atoms with E-state index in [1.54, 1.807) is 12.1 Å². The Morgan fingerprint density at radius 1 is 1.25 bits per heavy atom. The van der Waals surface area contributed by atoms with Crippen molar-refractivity contribution in [3.63, 3.8) is 0 Å². The van der Waals surface area contributed by atoms with Crippen LogP contribution in [-0.4, -0.2) is 42.3 Å². The summed E-state index contributed by atoms with van der Waals surface area (Å²) in [5, 5.41) is 15.3. The number of carbonyl (C=O) groups is 2. The molecule has 0 aliphatic carbocycles. The molecule has 0 bridgehead atoms. The van der Waals surface area contributed by atoms with Crippen LogP contribution in [0.1, 0.15) is 46.6 Å². The summed E-state index contributed by atoms with van der Waals surface area (Å²) in [6, 6.07) is 2.85. The van der Waals surface area contributed by atoms with Gasteiger partial charge in [-0.3, -0.25) is 9.59 Å². The Hall–Kier alpha value is -1.80. The highest BCUT2D eigenvalue weighted by Crippen LogP contribution is 2.36. The predicted molar refractivity (Wildman–Crippen MR) is 112 cm³/mol. The Bertz CT molecular complexity index is 686. The van der Waals surface area contributed by atoms with Crippen LogP contribution in [0.5, 0.6) is 11.5 Å². The maximum Gasteiger partial charge on any atom is 0.320 e. The minimum Gasteiger partial charge on any atom is -0.493 e. The van der Waals surface area contributed by atoms with Gasteiger partial charge in [0.15, 0.2) is 18.1 Å². The van der Waals surface area contributed by atoms with Crippen LogP contribution in [-0.2, 0) is 16.1 Å². The fourth-order valence-electron chi connectivity index (χ4n) is 2.63. The number of ether oxygens (including phenoxy) is 2. The lowest BCUT2D eigenvalue weighted by Gasteiger charge is -2.22. The first-order valence-corrected chi connectivity index (χ1v) is 9.99. The molecule has 158 valence electrons. The van der Waals surface area contributed by atoms with E-state index in [0.717, 1.165) is 4.47 Å². The highest BCUT2D eigenvalue weighted by atomic mass is 79.9. The summed E-state index contributed by atoms with van der Waals surface area (Å²) >= 11 is 3.48. The summed E-state index contributed by atoms with van der Waals surface area (Å²) in [5.41, 5.74) is 0.329. The second-order valence-corrected chi connectivity index (χ2v) is 8.90. The second kappa shape index (κ2) is 10.7. The van der Waals surface area contributed by atoms with Crippen LogP contribution < -0.4 is 20.1 Å². The molecule has 1 aromatic rings. The van der Waals surface area contributed by atoms with Crippen molar-refractivity contribution >= 4 is 27.8 Å². The Morgan fingerprint density at radius 3 is 2.39 bits per heavy atom. The smallest absolute Gasteiger partial charge is 0.320 e. The number of hydrogen-bond donors (Lipinski definition) is 3. The zero-order valence-corrected chi connectivity index (χ0v) is 19.0. The first-order valence-electron chi connectivity index (χ1n) is 9.20. The number of benzene rings is 1.